The molecule has 17 heavy (non-hydrogen) atoms. The Hall–Kier alpha value is -1.45. The maximum absolute atomic E-state index is 13.6. The molecule has 0 unspecified atom stereocenters. The van der Waals surface area contributed by atoms with Gasteiger partial charge in [0.1, 0.15) is 17.4 Å². The number of halogens is 2. The van der Waals surface area contributed by atoms with Crippen molar-refractivity contribution in [3.63, 3.8) is 0 Å². The van der Waals surface area contributed by atoms with Crippen molar-refractivity contribution in [1.82, 2.24) is 0 Å². The van der Waals surface area contributed by atoms with Gasteiger partial charge in [-0.05, 0) is 5.92 Å². The Morgan fingerprint density at radius 2 is 1.94 bits per heavy atom. The van der Waals surface area contributed by atoms with Crippen molar-refractivity contribution < 1.29 is 18.3 Å². The summed E-state index contributed by atoms with van der Waals surface area (Å²) < 4.78 is 31.9. The van der Waals surface area contributed by atoms with Crippen LogP contribution < -0.4 is 4.74 Å². The molecule has 92 valence electrons. The first-order chi connectivity index (χ1) is 8.11. The van der Waals surface area contributed by atoms with E-state index in [-0.39, 0.29) is 12.2 Å². The minimum atomic E-state index is -0.842. The summed E-state index contributed by atoms with van der Waals surface area (Å²) in [4.78, 5) is 11.8. The first kappa shape index (κ1) is 12.0. The van der Waals surface area contributed by atoms with Crippen molar-refractivity contribution in [3.05, 3.63) is 29.3 Å². The molecule has 0 spiro atoms. The quantitative estimate of drug-likeness (QED) is 0.754. The average molecular weight is 240 g/mol. The molecule has 0 bridgehead atoms. The lowest BCUT2D eigenvalue weighted by molar-refractivity contribution is 0.0928. The lowest BCUT2D eigenvalue weighted by Gasteiger charge is -2.24. The Labute approximate surface area is 98.6 Å². The first-order valence-corrected chi connectivity index (χ1v) is 5.68. The smallest absolute Gasteiger partial charge is 0.169 e. The second-order valence-electron chi connectivity index (χ2n) is 4.39. The first-order valence-electron chi connectivity index (χ1n) is 5.68. The zero-order valence-electron chi connectivity index (χ0n) is 9.63. The van der Waals surface area contributed by atoms with Crippen LogP contribution in [0.4, 0.5) is 8.78 Å². The third-order valence-corrected chi connectivity index (χ3v) is 3.23. The topological polar surface area (TPSA) is 26.3 Å². The summed E-state index contributed by atoms with van der Waals surface area (Å²) in [5.74, 6) is -1.76. The monoisotopic (exact) mass is 240 g/mol. The van der Waals surface area contributed by atoms with E-state index in [0.717, 1.165) is 31.4 Å². The van der Waals surface area contributed by atoms with E-state index in [4.69, 9.17) is 4.74 Å². The number of Topliss-reactive ketones (excluding diaryl/α,β-unsaturated/α-hetero) is 1. The van der Waals surface area contributed by atoms with E-state index in [1.165, 1.54) is 7.11 Å². The van der Waals surface area contributed by atoms with Gasteiger partial charge in [-0.15, -0.1) is 0 Å². The van der Waals surface area contributed by atoms with E-state index in [1.54, 1.807) is 0 Å². The summed E-state index contributed by atoms with van der Waals surface area (Å²) in [5.41, 5.74) is -0.433. The predicted molar refractivity (Wildman–Crippen MR) is 59.2 cm³/mol. The van der Waals surface area contributed by atoms with Crippen LogP contribution in [0.15, 0.2) is 12.1 Å². The predicted octanol–water partition coefficient (Wildman–Crippen LogP) is 3.35. The van der Waals surface area contributed by atoms with Crippen LogP contribution in [0.5, 0.6) is 5.75 Å². The molecule has 1 aliphatic carbocycles. The third kappa shape index (κ3) is 2.46. The normalized spacial score (nSPS) is 15.5. The maximum Gasteiger partial charge on any atom is 0.169 e. The molecule has 0 saturated heterocycles. The van der Waals surface area contributed by atoms with Crippen molar-refractivity contribution >= 4 is 5.78 Å². The van der Waals surface area contributed by atoms with Crippen LogP contribution in [0.1, 0.15) is 36.0 Å². The van der Waals surface area contributed by atoms with Crippen LogP contribution in [-0.4, -0.2) is 12.9 Å². The van der Waals surface area contributed by atoms with Crippen molar-refractivity contribution in [3.8, 4) is 5.75 Å². The number of carbonyl (C=O) groups excluding carboxylic acids is 1. The number of ketones is 1. The summed E-state index contributed by atoms with van der Waals surface area (Å²) in [5, 5.41) is 0. The molecular formula is C13H14F2O2. The van der Waals surface area contributed by atoms with Gasteiger partial charge in [0, 0.05) is 18.6 Å². The number of ether oxygens (including phenoxy) is 1. The van der Waals surface area contributed by atoms with Crippen molar-refractivity contribution in [2.75, 3.05) is 7.11 Å². The molecule has 4 heteroatoms. The summed E-state index contributed by atoms with van der Waals surface area (Å²) >= 11 is 0. The highest BCUT2D eigenvalue weighted by atomic mass is 19.1. The van der Waals surface area contributed by atoms with Gasteiger partial charge in [0.15, 0.2) is 5.78 Å². The largest absolute Gasteiger partial charge is 0.497 e. The van der Waals surface area contributed by atoms with Gasteiger partial charge in [-0.25, -0.2) is 8.78 Å². The molecule has 0 aromatic heterocycles. The molecule has 1 aliphatic rings. The van der Waals surface area contributed by atoms with E-state index >= 15 is 0 Å². The van der Waals surface area contributed by atoms with Gasteiger partial charge in [-0.3, -0.25) is 4.79 Å². The molecule has 2 rings (SSSR count). The van der Waals surface area contributed by atoms with Gasteiger partial charge in [-0.1, -0.05) is 19.3 Å². The fourth-order valence-corrected chi connectivity index (χ4v) is 2.00. The lowest BCUT2D eigenvalue weighted by atomic mass is 9.81. The van der Waals surface area contributed by atoms with Crippen LogP contribution in [0.3, 0.4) is 0 Å². The summed E-state index contributed by atoms with van der Waals surface area (Å²) in [6, 6.07) is 2.08. The number of carbonyl (C=O) groups is 1. The Bertz CT molecular complexity index is 416. The van der Waals surface area contributed by atoms with Crippen LogP contribution in [0.2, 0.25) is 0 Å². The minimum absolute atomic E-state index is 0.0835. The SMILES string of the molecule is COc1cc(F)c(C(=O)CC2CCC2)c(F)c1. The van der Waals surface area contributed by atoms with E-state index in [1.807, 2.05) is 0 Å². The molecule has 0 radical (unpaired) electrons. The average Bonchev–Trinajstić information content (AvgIpc) is 2.22. The third-order valence-electron chi connectivity index (χ3n) is 3.23. The van der Waals surface area contributed by atoms with E-state index in [2.05, 4.69) is 0 Å². The lowest BCUT2D eigenvalue weighted by Crippen LogP contribution is -2.17. The van der Waals surface area contributed by atoms with Gasteiger partial charge in [-0.2, -0.15) is 0 Å². The van der Waals surface area contributed by atoms with Gasteiger partial charge < -0.3 is 4.74 Å². The van der Waals surface area contributed by atoms with Crippen LogP contribution in [-0.2, 0) is 0 Å². The standard InChI is InChI=1S/C13H14F2O2/c1-17-9-6-10(14)13(11(15)7-9)12(16)5-8-3-2-4-8/h6-8H,2-5H2,1H3. The number of rotatable bonds is 4. The molecule has 0 heterocycles. The number of benzene rings is 1. The number of hydrogen-bond acceptors (Lipinski definition) is 2. The Kier molecular flexibility index (Phi) is 3.41. The van der Waals surface area contributed by atoms with Crippen molar-refractivity contribution in [2.45, 2.75) is 25.7 Å². The van der Waals surface area contributed by atoms with Gasteiger partial charge in [0.05, 0.1) is 12.7 Å². The van der Waals surface area contributed by atoms with Gasteiger partial charge >= 0.3 is 0 Å². The maximum atomic E-state index is 13.6. The molecule has 1 aromatic carbocycles. The second-order valence-corrected chi connectivity index (χ2v) is 4.39. The van der Waals surface area contributed by atoms with Crippen LogP contribution in [0, 0.1) is 17.6 Å². The van der Waals surface area contributed by atoms with E-state index in [9.17, 15) is 13.6 Å². The van der Waals surface area contributed by atoms with Crippen LogP contribution in [0.25, 0.3) is 0 Å². The second kappa shape index (κ2) is 4.82. The number of methoxy groups -OCH3 is 1. The molecular weight excluding hydrogens is 226 g/mol. The Morgan fingerprint density at radius 1 is 1.35 bits per heavy atom. The van der Waals surface area contributed by atoms with Gasteiger partial charge in [0.2, 0.25) is 0 Å². The minimum Gasteiger partial charge on any atom is -0.497 e. The summed E-state index contributed by atoms with van der Waals surface area (Å²) in [6.45, 7) is 0. The van der Waals surface area contributed by atoms with E-state index in [0.29, 0.717) is 5.92 Å². The summed E-state index contributed by atoms with van der Waals surface area (Å²) in [6.07, 6.45) is 3.29. The highest BCUT2D eigenvalue weighted by Gasteiger charge is 2.25. The molecule has 1 aromatic rings. The molecule has 1 fully saturated rings. The fraction of sp³-hybridized carbons (Fsp3) is 0.462. The van der Waals surface area contributed by atoms with Crippen molar-refractivity contribution in [1.29, 1.82) is 0 Å². The Balaban J connectivity index is 2.21. The summed E-state index contributed by atoms with van der Waals surface area (Å²) in [7, 11) is 1.32. The molecule has 1 saturated carbocycles. The fourth-order valence-electron chi connectivity index (χ4n) is 2.00. The molecule has 0 N–H and O–H groups in total. The number of hydrogen-bond donors (Lipinski definition) is 0. The van der Waals surface area contributed by atoms with Crippen LogP contribution >= 0.6 is 0 Å². The highest BCUT2D eigenvalue weighted by molar-refractivity contribution is 5.96. The van der Waals surface area contributed by atoms with Crippen molar-refractivity contribution in [2.24, 2.45) is 5.92 Å². The molecule has 0 atom stereocenters. The Morgan fingerprint density at radius 3 is 2.35 bits per heavy atom. The zero-order chi connectivity index (χ0) is 12.4. The highest BCUT2D eigenvalue weighted by Crippen LogP contribution is 2.31. The molecule has 2 nitrogen and oxygen atoms in total. The van der Waals surface area contributed by atoms with Gasteiger partial charge in [0.25, 0.3) is 0 Å². The zero-order valence-corrected chi connectivity index (χ0v) is 9.63. The molecule has 0 aliphatic heterocycles. The molecule has 0 amide bonds. The van der Waals surface area contributed by atoms with E-state index < -0.39 is 23.0 Å².